The molecule has 1 aromatic carbocycles. The molecule has 1 amide bonds. The maximum atomic E-state index is 13.2. The summed E-state index contributed by atoms with van der Waals surface area (Å²) in [6.07, 6.45) is 0.0906. The van der Waals surface area contributed by atoms with Crippen molar-refractivity contribution < 1.29 is 27.5 Å². The van der Waals surface area contributed by atoms with E-state index in [1.54, 1.807) is 0 Å². The smallest absolute Gasteiger partial charge is 0.243 e. The summed E-state index contributed by atoms with van der Waals surface area (Å²) in [7, 11) is 0.429. The molecule has 0 N–H and O–H groups in total. The first-order valence-corrected chi connectivity index (χ1v) is 10.0. The van der Waals surface area contributed by atoms with Crippen LogP contribution >= 0.6 is 0 Å². The highest BCUT2D eigenvalue weighted by molar-refractivity contribution is 7.89. The second-order valence-corrected chi connectivity index (χ2v) is 9.00. The Morgan fingerprint density at radius 3 is 2.19 bits per heavy atom. The van der Waals surface area contributed by atoms with Gasteiger partial charge < -0.3 is 9.64 Å². The van der Waals surface area contributed by atoms with Gasteiger partial charge in [-0.15, -0.1) is 0 Å². The molecule has 1 aliphatic heterocycles. The molecule has 0 bridgehead atoms. The number of hydrogen-bond donors (Lipinski definition) is 0. The molecule has 3 rings (SSSR count). The standard InChI is InChI=1S/C18H22N2O6S/c1-19(2)17(23)14-10-18(15(21)8-9-16(18)22)11-20(14)27(24,25)13-6-4-12(26-3)5-7-13/h4-7,14H,8-11H2,1-3H3/t14-/m1/s1. The van der Waals surface area contributed by atoms with E-state index in [2.05, 4.69) is 0 Å². The minimum atomic E-state index is -4.08. The van der Waals surface area contributed by atoms with Crippen LogP contribution in [0, 0.1) is 5.41 Å². The minimum Gasteiger partial charge on any atom is -0.497 e. The van der Waals surface area contributed by atoms with Crippen molar-refractivity contribution in [2.75, 3.05) is 27.7 Å². The van der Waals surface area contributed by atoms with E-state index in [9.17, 15) is 22.8 Å². The molecule has 1 aromatic rings. The first kappa shape index (κ1) is 19.5. The van der Waals surface area contributed by atoms with Gasteiger partial charge in [0.2, 0.25) is 15.9 Å². The second-order valence-electron chi connectivity index (χ2n) is 7.11. The number of methoxy groups -OCH3 is 1. The number of benzene rings is 1. The molecule has 0 radical (unpaired) electrons. The third kappa shape index (κ3) is 3.04. The zero-order chi connectivity index (χ0) is 20.0. The highest BCUT2D eigenvalue weighted by atomic mass is 32.2. The third-order valence-corrected chi connectivity index (χ3v) is 7.22. The Kier molecular flexibility index (Phi) is 4.85. The number of rotatable bonds is 4. The number of amides is 1. The first-order valence-electron chi connectivity index (χ1n) is 8.57. The Balaban J connectivity index is 2.05. The van der Waals surface area contributed by atoms with Gasteiger partial charge in [0, 0.05) is 33.5 Å². The van der Waals surface area contributed by atoms with Gasteiger partial charge in [-0.05, 0) is 30.7 Å². The van der Waals surface area contributed by atoms with Gasteiger partial charge in [-0.25, -0.2) is 8.42 Å². The van der Waals surface area contributed by atoms with Gasteiger partial charge in [0.1, 0.15) is 28.8 Å². The van der Waals surface area contributed by atoms with Gasteiger partial charge in [-0.1, -0.05) is 0 Å². The van der Waals surface area contributed by atoms with Crippen molar-refractivity contribution in [3.63, 3.8) is 0 Å². The molecule has 1 saturated heterocycles. The zero-order valence-electron chi connectivity index (χ0n) is 15.5. The first-order chi connectivity index (χ1) is 12.6. The van der Waals surface area contributed by atoms with Crippen LogP contribution in [0.3, 0.4) is 0 Å². The van der Waals surface area contributed by atoms with Crippen molar-refractivity contribution >= 4 is 27.5 Å². The molecule has 1 aliphatic carbocycles. The lowest BCUT2D eigenvalue weighted by Crippen LogP contribution is -2.45. The summed E-state index contributed by atoms with van der Waals surface area (Å²) in [4.78, 5) is 38.8. The number of carbonyl (C=O) groups is 3. The molecule has 1 atom stereocenters. The number of Topliss-reactive ketones (excluding diaryl/α,β-unsaturated/α-hetero) is 2. The third-order valence-electron chi connectivity index (χ3n) is 5.35. The molecule has 8 nitrogen and oxygen atoms in total. The SMILES string of the molecule is COc1ccc(S(=O)(=O)N2CC3(C[C@@H]2C(=O)N(C)C)C(=O)CCC3=O)cc1. The predicted octanol–water partition coefficient (Wildman–Crippen LogP) is 0.465. The van der Waals surface area contributed by atoms with Gasteiger partial charge in [0.15, 0.2) is 0 Å². The molecule has 146 valence electrons. The van der Waals surface area contributed by atoms with Gasteiger partial charge >= 0.3 is 0 Å². The fraction of sp³-hybridized carbons (Fsp3) is 0.500. The van der Waals surface area contributed by atoms with Crippen LogP contribution in [0.15, 0.2) is 29.2 Å². The second kappa shape index (κ2) is 6.72. The number of ketones is 2. The van der Waals surface area contributed by atoms with Crippen LogP contribution in [0.5, 0.6) is 5.75 Å². The van der Waals surface area contributed by atoms with Crippen molar-refractivity contribution in [1.29, 1.82) is 0 Å². The van der Waals surface area contributed by atoms with E-state index in [1.165, 1.54) is 50.4 Å². The van der Waals surface area contributed by atoms with Gasteiger partial charge in [0.25, 0.3) is 0 Å². The maximum absolute atomic E-state index is 13.2. The van der Waals surface area contributed by atoms with Crippen LogP contribution in [0.1, 0.15) is 19.3 Å². The molecule has 27 heavy (non-hydrogen) atoms. The van der Waals surface area contributed by atoms with E-state index in [4.69, 9.17) is 4.74 Å². The summed E-state index contributed by atoms with van der Waals surface area (Å²) in [5.41, 5.74) is -1.41. The lowest BCUT2D eigenvalue weighted by atomic mass is 9.82. The van der Waals surface area contributed by atoms with Crippen LogP contribution < -0.4 is 4.74 Å². The summed E-state index contributed by atoms with van der Waals surface area (Å²) < 4.78 is 32.5. The summed E-state index contributed by atoms with van der Waals surface area (Å²) in [6.45, 7) is -0.288. The molecular weight excluding hydrogens is 372 g/mol. The molecule has 0 unspecified atom stereocenters. The van der Waals surface area contributed by atoms with Gasteiger partial charge in [-0.3, -0.25) is 14.4 Å². The Morgan fingerprint density at radius 2 is 1.70 bits per heavy atom. The van der Waals surface area contributed by atoms with E-state index in [0.717, 1.165) is 4.31 Å². The summed E-state index contributed by atoms with van der Waals surface area (Å²) >= 11 is 0. The zero-order valence-corrected chi connectivity index (χ0v) is 16.3. The summed E-state index contributed by atoms with van der Waals surface area (Å²) in [5, 5.41) is 0. The largest absolute Gasteiger partial charge is 0.497 e. The average molecular weight is 394 g/mol. The van der Waals surface area contributed by atoms with E-state index >= 15 is 0 Å². The molecule has 0 aromatic heterocycles. The Labute approximate surface area is 158 Å². The Morgan fingerprint density at radius 1 is 1.15 bits per heavy atom. The predicted molar refractivity (Wildman–Crippen MR) is 95.7 cm³/mol. The lowest BCUT2D eigenvalue weighted by molar-refractivity contribution is -0.134. The topological polar surface area (TPSA) is 101 Å². The number of likely N-dealkylation sites (N-methyl/N-ethyl adjacent to an activating group) is 1. The summed E-state index contributed by atoms with van der Waals surface area (Å²) in [6, 6.07) is 4.70. The number of sulfonamides is 1. The van der Waals surface area contributed by atoms with E-state index in [0.29, 0.717) is 5.75 Å². The average Bonchev–Trinajstić information content (AvgIpc) is 3.19. The monoisotopic (exact) mass is 394 g/mol. The fourth-order valence-corrected chi connectivity index (χ4v) is 5.42. The molecule has 2 fully saturated rings. The Hall–Kier alpha value is -2.26. The molecule has 1 spiro atoms. The highest BCUT2D eigenvalue weighted by Crippen LogP contribution is 2.45. The molecule has 1 saturated carbocycles. The molecular formula is C18H22N2O6S. The molecule has 1 heterocycles. The Bertz CT molecular complexity index is 875. The van der Waals surface area contributed by atoms with Crippen molar-refractivity contribution in [1.82, 2.24) is 9.21 Å². The van der Waals surface area contributed by atoms with Crippen molar-refractivity contribution in [2.24, 2.45) is 5.41 Å². The van der Waals surface area contributed by atoms with Crippen molar-refractivity contribution in [3.8, 4) is 5.75 Å². The number of nitrogens with zero attached hydrogens (tertiary/aromatic N) is 2. The van der Waals surface area contributed by atoms with Gasteiger partial charge in [-0.2, -0.15) is 4.31 Å². The van der Waals surface area contributed by atoms with Crippen LogP contribution in [0.4, 0.5) is 0 Å². The van der Waals surface area contributed by atoms with Crippen LogP contribution in [-0.2, 0) is 24.4 Å². The van der Waals surface area contributed by atoms with Gasteiger partial charge in [0.05, 0.1) is 12.0 Å². The minimum absolute atomic E-state index is 0.0187. The van der Waals surface area contributed by atoms with E-state index in [-0.39, 0.29) is 42.3 Å². The normalized spacial score (nSPS) is 22.4. The number of carbonyl (C=O) groups excluding carboxylic acids is 3. The number of hydrogen-bond acceptors (Lipinski definition) is 6. The fourth-order valence-electron chi connectivity index (χ4n) is 3.78. The van der Waals surface area contributed by atoms with Crippen LogP contribution in [0.25, 0.3) is 0 Å². The summed E-state index contributed by atoms with van der Waals surface area (Å²) in [5.74, 6) is -0.515. The van der Waals surface area contributed by atoms with Crippen molar-refractivity contribution in [2.45, 2.75) is 30.2 Å². The van der Waals surface area contributed by atoms with Crippen LogP contribution in [-0.4, -0.2) is 68.9 Å². The highest BCUT2D eigenvalue weighted by Gasteiger charge is 2.60. The quantitative estimate of drug-likeness (QED) is 0.688. The van der Waals surface area contributed by atoms with E-state index in [1.807, 2.05) is 0 Å². The molecule has 2 aliphatic rings. The van der Waals surface area contributed by atoms with Crippen LogP contribution in [0.2, 0.25) is 0 Å². The maximum Gasteiger partial charge on any atom is 0.243 e. The molecule has 9 heteroatoms. The van der Waals surface area contributed by atoms with Crippen molar-refractivity contribution in [3.05, 3.63) is 24.3 Å². The van der Waals surface area contributed by atoms with E-state index < -0.39 is 27.4 Å². The number of ether oxygens (including phenoxy) is 1. The lowest BCUT2D eigenvalue weighted by Gasteiger charge is -2.25.